The van der Waals surface area contributed by atoms with Gasteiger partial charge in [0.15, 0.2) is 0 Å². The number of hydrogen-bond donors (Lipinski definition) is 1. The fourth-order valence-electron chi connectivity index (χ4n) is 3.62. The third-order valence-electron chi connectivity index (χ3n) is 4.96. The SMILES string of the molecule is CCOC1CC(Nc2ccc(Br)cc2C)C12CCC2. The van der Waals surface area contributed by atoms with Gasteiger partial charge in [0.05, 0.1) is 6.10 Å². The number of anilines is 1. The van der Waals surface area contributed by atoms with E-state index >= 15 is 0 Å². The Kier molecular flexibility index (Phi) is 3.61. The first-order valence-corrected chi connectivity index (χ1v) is 8.09. The van der Waals surface area contributed by atoms with Gasteiger partial charge in [0, 0.05) is 28.2 Å². The number of rotatable bonds is 4. The predicted octanol–water partition coefficient (Wildman–Crippen LogP) is 4.52. The van der Waals surface area contributed by atoms with Crippen molar-refractivity contribution in [1.29, 1.82) is 0 Å². The minimum atomic E-state index is 0.426. The minimum absolute atomic E-state index is 0.426. The molecular weight excluding hydrogens is 302 g/mol. The Morgan fingerprint density at radius 1 is 1.42 bits per heavy atom. The third kappa shape index (κ3) is 2.21. The molecule has 0 aromatic heterocycles. The first kappa shape index (κ1) is 13.4. The Bertz CT molecular complexity index is 470. The van der Waals surface area contributed by atoms with Crippen LogP contribution in [0.15, 0.2) is 22.7 Å². The van der Waals surface area contributed by atoms with Gasteiger partial charge < -0.3 is 10.1 Å². The number of hydrogen-bond acceptors (Lipinski definition) is 2. The Hall–Kier alpha value is -0.540. The summed E-state index contributed by atoms with van der Waals surface area (Å²) in [6.07, 6.45) is 5.65. The molecule has 0 radical (unpaired) electrons. The molecule has 3 heteroatoms. The average Bonchev–Trinajstić information content (AvgIpc) is 2.28. The van der Waals surface area contributed by atoms with Crippen molar-refractivity contribution in [3.8, 4) is 0 Å². The van der Waals surface area contributed by atoms with Crippen LogP contribution in [0.1, 0.15) is 38.2 Å². The molecule has 0 bridgehead atoms. The zero-order chi connectivity index (χ0) is 13.5. The molecule has 2 aliphatic rings. The molecule has 1 aromatic rings. The molecule has 2 unspecified atom stereocenters. The van der Waals surface area contributed by atoms with E-state index in [-0.39, 0.29) is 0 Å². The lowest BCUT2D eigenvalue weighted by molar-refractivity contribution is -0.157. The second-order valence-electron chi connectivity index (χ2n) is 5.92. The second kappa shape index (κ2) is 5.10. The molecule has 2 aliphatic carbocycles. The van der Waals surface area contributed by atoms with Gasteiger partial charge in [0.1, 0.15) is 0 Å². The van der Waals surface area contributed by atoms with Crippen LogP contribution in [-0.4, -0.2) is 18.8 Å². The molecule has 0 saturated heterocycles. The van der Waals surface area contributed by atoms with Crippen LogP contribution < -0.4 is 5.32 Å². The van der Waals surface area contributed by atoms with Crippen LogP contribution in [0.2, 0.25) is 0 Å². The van der Waals surface area contributed by atoms with Gasteiger partial charge in [-0.3, -0.25) is 0 Å². The standard InChI is InChI=1S/C16H22BrNO/c1-3-19-15-10-14(16(15)7-4-8-16)18-13-6-5-12(17)9-11(13)2/h5-6,9,14-15,18H,3-4,7-8,10H2,1-2H3. The van der Waals surface area contributed by atoms with Crippen molar-refractivity contribution in [3.63, 3.8) is 0 Å². The highest BCUT2D eigenvalue weighted by Crippen LogP contribution is 2.58. The summed E-state index contributed by atoms with van der Waals surface area (Å²) in [6, 6.07) is 7.06. The van der Waals surface area contributed by atoms with Crippen molar-refractivity contribution in [2.45, 2.75) is 51.7 Å². The van der Waals surface area contributed by atoms with E-state index in [1.54, 1.807) is 0 Å². The zero-order valence-electron chi connectivity index (χ0n) is 11.7. The minimum Gasteiger partial charge on any atom is -0.381 e. The van der Waals surface area contributed by atoms with Gasteiger partial charge in [-0.25, -0.2) is 0 Å². The molecule has 1 N–H and O–H groups in total. The predicted molar refractivity (Wildman–Crippen MR) is 82.6 cm³/mol. The van der Waals surface area contributed by atoms with Crippen LogP contribution in [0.25, 0.3) is 0 Å². The number of ether oxygens (including phenoxy) is 1. The number of benzene rings is 1. The molecular formula is C16H22BrNO. The Labute approximate surface area is 124 Å². The average molecular weight is 324 g/mol. The van der Waals surface area contributed by atoms with E-state index in [9.17, 15) is 0 Å². The van der Waals surface area contributed by atoms with E-state index in [4.69, 9.17) is 4.74 Å². The molecule has 0 aliphatic heterocycles. The molecule has 1 spiro atoms. The summed E-state index contributed by atoms with van der Waals surface area (Å²) in [4.78, 5) is 0. The summed E-state index contributed by atoms with van der Waals surface area (Å²) >= 11 is 3.52. The Morgan fingerprint density at radius 3 is 2.79 bits per heavy atom. The van der Waals surface area contributed by atoms with Crippen molar-refractivity contribution in [2.24, 2.45) is 5.41 Å². The topological polar surface area (TPSA) is 21.3 Å². The van der Waals surface area contributed by atoms with Crippen molar-refractivity contribution < 1.29 is 4.74 Å². The summed E-state index contributed by atoms with van der Waals surface area (Å²) in [5.41, 5.74) is 3.01. The normalized spacial score (nSPS) is 27.7. The van der Waals surface area contributed by atoms with E-state index in [0.29, 0.717) is 17.6 Å². The summed E-state index contributed by atoms with van der Waals surface area (Å²) in [7, 11) is 0. The molecule has 2 atom stereocenters. The number of nitrogens with one attached hydrogen (secondary N) is 1. The van der Waals surface area contributed by atoms with Crippen LogP contribution >= 0.6 is 15.9 Å². The third-order valence-corrected chi connectivity index (χ3v) is 5.45. The van der Waals surface area contributed by atoms with Gasteiger partial charge in [0.25, 0.3) is 0 Å². The van der Waals surface area contributed by atoms with Gasteiger partial charge in [-0.05, 0) is 56.9 Å². The lowest BCUT2D eigenvalue weighted by Gasteiger charge is -2.61. The number of halogens is 1. The van der Waals surface area contributed by atoms with E-state index in [1.807, 2.05) is 0 Å². The fourth-order valence-corrected chi connectivity index (χ4v) is 4.09. The molecule has 2 nitrogen and oxygen atoms in total. The second-order valence-corrected chi connectivity index (χ2v) is 6.84. The van der Waals surface area contributed by atoms with Crippen molar-refractivity contribution in [3.05, 3.63) is 28.2 Å². The van der Waals surface area contributed by atoms with E-state index in [0.717, 1.165) is 17.5 Å². The van der Waals surface area contributed by atoms with Crippen LogP contribution in [0.4, 0.5) is 5.69 Å². The lowest BCUT2D eigenvalue weighted by atomic mass is 9.51. The highest BCUT2D eigenvalue weighted by atomic mass is 79.9. The quantitative estimate of drug-likeness (QED) is 0.879. The van der Waals surface area contributed by atoms with E-state index in [1.165, 1.54) is 30.5 Å². The Morgan fingerprint density at radius 2 is 2.21 bits per heavy atom. The van der Waals surface area contributed by atoms with Crippen LogP contribution in [-0.2, 0) is 4.74 Å². The monoisotopic (exact) mass is 323 g/mol. The molecule has 3 rings (SSSR count). The van der Waals surface area contributed by atoms with Gasteiger partial charge in [-0.1, -0.05) is 22.4 Å². The molecule has 2 saturated carbocycles. The first-order valence-electron chi connectivity index (χ1n) is 7.30. The van der Waals surface area contributed by atoms with Crippen LogP contribution in [0, 0.1) is 12.3 Å². The summed E-state index contributed by atoms with van der Waals surface area (Å²) in [5, 5.41) is 3.75. The molecule has 0 amide bonds. The van der Waals surface area contributed by atoms with Gasteiger partial charge >= 0.3 is 0 Å². The number of aryl methyl sites for hydroxylation is 1. The maximum atomic E-state index is 5.91. The Balaban J connectivity index is 1.71. The maximum Gasteiger partial charge on any atom is 0.0670 e. The lowest BCUT2D eigenvalue weighted by Crippen LogP contribution is -2.64. The smallest absolute Gasteiger partial charge is 0.0670 e. The van der Waals surface area contributed by atoms with Crippen molar-refractivity contribution >= 4 is 21.6 Å². The fraction of sp³-hybridized carbons (Fsp3) is 0.625. The van der Waals surface area contributed by atoms with Gasteiger partial charge in [-0.15, -0.1) is 0 Å². The van der Waals surface area contributed by atoms with Crippen molar-refractivity contribution in [1.82, 2.24) is 0 Å². The van der Waals surface area contributed by atoms with E-state index < -0.39 is 0 Å². The van der Waals surface area contributed by atoms with Crippen LogP contribution in [0.5, 0.6) is 0 Å². The van der Waals surface area contributed by atoms with Gasteiger partial charge in [-0.2, -0.15) is 0 Å². The molecule has 1 aromatic carbocycles. The molecule has 104 valence electrons. The van der Waals surface area contributed by atoms with Crippen LogP contribution in [0.3, 0.4) is 0 Å². The maximum absolute atomic E-state index is 5.91. The van der Waals surface area contributed by atoms with Crippen molar-refractivity contribution in [2.75, 3.05) is 11.9 Å². The largest absolute Gasteiger partial charge is 0.381 e. The van der Waals surface area contributed by atoms with Gasteiger partial charge in [0.2, 0.25) is 0 Å². The molecule has 0 heterocycles. The highest BCUT2D eigenvalue weighted by molar-refractivity contribution is 9.10. The molecule has 19 heavy (non-hydrogen) atoms. The zero-order valence-corrected chi connectivity index (χ0v) is 13.3. The molecule has 2 fully saturated rings. The summed E-state index contributed by atoms with van der Waals surface area (Å²) in [6.45, 7) is 5.11. The summed E-state index contributed by atoms with van der Waals surface area (Å²) < 4.78 is 7.05. The first-order chi connectivity index (χ1) is 9.15. The highest BCUT2D eigenvalue weighted by Gasteiger charge is 2.58. The van der Waals surface area contributed by atoms with E-state index in [2.05, 4.69) is 53.3 Å². The summed E-state index contributed by atoms with van der Waals surface area (Å²) in [5.74, 6) is 0.